The number of fused-ring (bicyclic) bond motifs is 2. The van der Waals surface area contributed by atoms with Crippen LogP contribution in [0.2, 0.25) is 0 Å². The van der Waals surface area contributed by atoms with Gasteiger partial charge in [-0.15, -0.1) is 0 Å². The molecule has 6 nitrogen and oxygen atoms in total. The van der Waals surface area contributed by atoms with Crippen LogP contribution in [0.1, 0.15) is 5.56 Å². The smallest absolute Gasteiger partial charge is 0.257 e. The van der Waals surface area contributed by atoms with Crippen molar-refractivity contribution in [2.24, 2.45) is 0 Å². The second-order valence-electron chi connectivity index (χ2n) is 5.86. The zero-order valence-electron chi connectivity index (χ0n) is 13.9. The number of nitrogens with zero attached hydrogens (tertiary/aromatic N) is 1. The Balaban J connectivity index is 1.46. The molecule has 26 heavy (non-hydrogen) atoms. The Morgan fingerprint density at radius 2 is 2.08 bits per heavy atom. The molecule has 4 rings (SSSR count). The van der Waals surface area contributed by atoms with Gasteiger partial charge in [0.05, 0.1) is 11.3 Å². The van der Waals surface area contributed by atoms with Crippen LogP contribution in [0.25, 0.3) is 22.0 Å². The molecule has 0 unspecified atom stereocenters. The Hall–Kier alpha value is -3.06. The normalized spacial score (nSPS) is 11.1. The summed E-state index contributed by atoms with van der Waals surface area (Å²) < 4.78 is 5.58. The number of nitrogens with one attached hydrogen (secondary N) is 2. The first kappa shape index (κ1) is 16.4. The molecule has 0 aliphatic rings. The highest BCUT2D eigenvalue weighted by Crippen LogP contribution is 2.24. The van der Waals surface area contributed by atoms with E-state index in [2.05, 4.69) is 15.3 Å². The Morgan fingerprint density at radius 3 is 2.92 bits per heavy atom. The van der Waals surface area contributed by atoms with Gasteiger partial charge in [0.25, 0.3) is 5.22 Å². The van der Waals surface area contributed by atoms with Gasteiger partial charge in [-0.3, -0.25) is 9.59 Å². The van der Waals surface area contributed by atoms with E-state index in [0.29, 0.717) is 22.0 Å². The van der Waals surface area contributed by atoms with Gasteiger partial charge >= 0.3 is 0 Å². The quantitative estimate of drug-likeness (QED) is 0.538. The minimum Gasteiger partial charge on any atom is -0.431 e. The molecular formula is C19H15N3O3S. The predicted molar refractivity (Wildman–Crippen MR) is 103 cm³/mol. The number of aryl methyl sites for hydroxylation is 1. The van der Waals surface area contributed by atoms with Gasteiger partial charge in [0.15, 0.2) is 5.58 Å². The number of benzene rings is 2. The van der Waals surface area contributed by atoms with E-state index in [0.717, 1.165) is 16.5 Å². The number of hydrogen-bond donors (Lipinski definition) is 2. The molecule has 0 saturated heterocycles. The van der Waals surface area contributed by atoms with E-state index in [4.69, 9.17) is 4.42 Å². The van der Waals surface area contributed by atoms with Crippen molar-refractivity contribution in [3.63, 3.8) is 0 Å². The topological polar surface area (TPSA) is 88.0 Å². The summed E-state index contributed by atoms with van der Waals surface area (Å²) in [6.45, 7) is 1.88. The van der Waals surface area contributed by atoms with E-state index >= 15 is 0 Å². The van der Waals surface area contributed by atoms with Crippen molar-refractivity contribution in [1.82, 2.24) is 9.97 Å². The van der Waals surface area contributed by atoms with Crippen LogP contribution in [0, 0.1) is 6.92 Å². The van der Waals surface area contributed by atoms with Gasteiger partial charge in [0.1, 0.15) is 5.52 Å². The van der Waals surface area contributed by atoms with Gasteiger partial charge in [-0.1, -0.05) is 30.0 Å². The number of carbonyl (C=O) groups is 1. The van der Waals surface area contributed by atoms with Gasteiger partial charge < -0.3 is 14.7 Å². The summed E-state index contributed by atoms with van der Waals surface area (Å²) in [4.78, 5) is 30.9. The maximum atomic E-state index is 12.2. The second kappa shape index (κ2) is 6.68. The fraction of sp³-hybridized carbons (Fsp3) is 0.105. The number of aromatic amines is 1. The van der Waals surface area contributed by atoms with E-state index in [-0.39, 0.29) is 17.2 Å². The van der Waals surface area contributed by atoms with Crippen molar-refractivity contribution in [3.05, 3.63) is 64.4 Å². The van der Waals surface area contributed by atoms with E-state index in [1.165, 1.54) is 11.8 Å². The fourth-order valence-corrected chi connectivity index (χ4v) is 3.39. The van der Waals surface area contributed by atoms with E-state index in [1.54, 1.807) is 12.1 Å². The first-order chi connectivity index (χ1) is 12.6. The zero-order valence-corrected chi connectivity index (χ0v) is 14.7. The highest BCUT2D eigenvalue weighted by molar-refractivity contribution is 7.99. The number of hydrogen-bond acceptors (Lipinski definition) is 5. The van der Waals surface area contributed by atoms with E-state index < -0.39 is 0 Å². The molecule has 0 atom stereocenters. The predicted octanol–water partition coefficient (Wildman–Crippen LogP) is 3.71. The Morgan fingerprint density at radius 1 is 1.23 bits per heavy atom. The highest BCUT2D eigenvalue weighted by Gasteiger charge is 2.10. The lowest BCUT2D eigenvalue weighted by atomic mass is 10.1. The van der Waals surface area contributed by atoms with E-state index in [1.807, 2.05) is 43.3 Å². The lowest BCUT2D eigenvalue weighted by molar-refractivity contribution is -0.113. The van der Waals surface area contributed by atoms with Crippen molar-refractivity contribution in [1.29, 1.82) is 0 Å². The number of oxazole rings is 1. The zero-order chi connectivity index (χ0) is 18.1. The third-order valence-electron chi connectivity index (χ3n) is 3.93. The lowest BCUT2D eigenvalue weighted by Crippen LogP contribution is -2.14. The molecule has 7 heteroatoms. The molecule has 130 valence electrons. The number of aromatic nitrogens is 2. The molecule has 2 N–H and O–H groups in total. The molecule has 2 aromatic carbocycles. The maximum Gasteiger partial charge on any atom is 0.257 e. The number of anilines is 1. The van der Waals surface area contributed by atoms with Crippen molar-refractivity contribution in [2.45, 2.75) is 12.1 Å². The largest absolute Gasteiger partial charge is 0.431 e. The van der Waals surface area contributed by atoms with Crippen LogP contribution in [0.3, 0.4) is 0 Å². The number of H-pyrrole nitrogens is 1. The van der Waals surface area contributed by atoms with Crippen LogP contribution in [0.5, 0.6) is 0 Å². The van der Waals surface area contributed by atoms with Crippen LogP contribution in [-0.4, -0.2) is 21.6 Å². The summed E-state index contributed by atoms with van der Waals surface area (Å²) in [7, 11) is 0. The Labute approximate surface area is 152 Å². The van der Waals surface area contributed by atoms with Gasteiger partial charge in [0, 0.05) is 17.1 Å². The average molecular weight is 365 g/mol. The van der Waals surface area contributed by atoms with Crippen LogP contribution >= 0.6 is 11.8 Å². The van der Waals surface area contributed by atoms with Crippen molar-refractivity contribution >= 4 is 45.4 Å². The first-order valence-corrected chi connectivity index (χ1v) is 8.99. The number of carbonyl (C=O) groups excluding carboxylic acids is 1. The van der Waals surface area contributed by atoms with E-state index in [9.17, 15) is 9.59 Å². The van der Waals surface area contributed by atoms with Crippen molar-refractivity contribution < 1.29 is 9.21 Å². The number of thioether (sulfide) groups is 1. The lowest BCUT2D eigenvalue weighted by Gasteiger charge is -2.07. The summed E-state index contributed by atoms with van der Waals surface area (Å²) in [6, 6.07) is 14.5. The summed E-state index contributed by atoms with van der Waals surface area (Å²) in [5.41, 5.74) is 3.52. The average Bonchev–Trinajstić information content (AvgIpc) is 3.02. The molecule has 0 aliphatic heterocycles. The highest BCUT2D eigenvalue weighted by atomic mass is 32.2. The van der Waals surface area contributed by atoms with Crippen LogP contribution in [0.4, 0.5) is 5.69 Å². The Kier molecular flexibility index (Phi) is 4.22. The molecule has 0 saturated carbocycles. The molecule has 2 heterocycles. The minimum atomic E-state index is -0.174. The molecule has 0 fully saturated rings. The summed E-state index contributed by atoms with van der Waals surface area (Å²) >= 11 is 1.23. The van der Waals surface area contributed by atoms with Gasteiger partial charge in [-0.2, -0.15) is 0 Å². The van der Waals surface area contributed by atoms with Crippen molar-refractivity contribution in [3.8, 4) is 0 Å². The molecule has 0 bridgehead atoms. The fourth-order valence-electron chi connectivity index (χ4n) is 2.75. The number of amides is 1. The summed E-state index contributed by atoms with van der Waals surface area (Å²) in [5, 5.41) is 4.23. The molecule has 2 aromatic heterocycles. The first-order valence-electron chi connectivity index (χ1n) is 8.00. The van der Waals surface area contributed by atoms with Gasteiger partial charge in [0.2, 0.25) is 11.5 Å². The number of rotatable bonds is 4. The van der Waals surface area contributed by atoms with Crippen molar-refractivity contribution in [2.75, 3.05) is 11.1 Å². The second-order valence-corrected chi connectivity index (χ2v) is 6.79. The van der Waals surface area contributed by atoms with Gasteiger partial charge in [-0.05, 0) is 36.8 Å². The molecule has 1 amide bonds. The minimum absolute atomic E-state index is 0.162. The monoisotopic (exact) mass is 365 g/mol. The van der Waals surface area contributed by atoms with Crippen LogP contribution < -0.4 is 10.9 Å². The number of para-hydroxylation sites is 2. The molecule has 4 aromatic rings. The third kappa shape index (κ3) is 3.34. The Bertz CT molecular complexity index is 1150. The van der Waals surface area contributed by atoms with Gasteiger partial charge in [-0.25, -0.2) is 4.98 Å². The standard InChI is InChI=1S/C19H15N3O3S/c1-11-8-17(23)21-15-9-12(6-7-13(11)15)20-18(24)10-26-19-22-14-4-2-3-5-16(14)25-19/h2-9H,10H2,1H3,(H,20,24)(H,21,23). The molecule has 0 aliphatic carbocycles. The molecule has 0 radical (unpaired) electrons. The third-order valence-corrected chi connectivity index (χ3v) is 4.76. The number of pyridine rings is 1. The SMILES string of the molecule is Cc1cc(=O)[nH]c2cc(NC(=O)CSc3nc4ccccc4o3)ccc12. The molecular weight excluding hydrogens is 350 g/mol. The summed E-state index contributed by atoms with van der Waals surface area (Å²) in [5.74, 6) is 0.00135. The summed E-state index contributed by atoms with van der Waals surface area (Å²) in [6.07, 6.45) is 0. The molecule has 0 spiro atoms. The van der Waals surface area contributed by atoms with Crippen LogP contribution in [0.15, 0.2) is 63.0 Å². The van der Waals surface area contributed by atoms with Crippen LogP contribution in [-0.2, 0) is 4.79 Å². The maximum absolute atomic E-state index is 12.2.